The monoisotopic (exact) mass is 528 g/mol. The van der Waals surface area contributed by atoms with Gasteiger partial charge in [0.15, 0.2) is 34.6 Å². The zero-order valence-corrected chi connectivity index (χ0v) is 20.3. The van der Waals surface area contributed by atoms with Gasteiger partial charge in [0.05, 0.1) is 30.3 Å². The number of ether oxygens (including phenoxy) is 2. The van der Waals surface area contributed by atoms with Gasteiger partial charge in [-0.25, -0.2) is 18.7 Å². The zero-order valence-electron chi connectivity index (χ0n) is 20.3. The van der Waals surface area contributed by atoms with Gasteiger partial charge in [-0.2, -0.15) is 4.39 Å². The second-order valence-electron chi connectivity index (χ2n) is 8.05. The lowest BCUT2D eigenvalue weighted by atomic mass is 10.0. The van der Waals surface area contributed by atoms with Gasteiger partial charge in [0.25, 0.3) is 12.4 Å². The van der Waals surface area contributed by atoms with Crippen LogP contribution in [-0.2, 0) is 4.79 Å². The average Bonchev–Trinajstić information content (AvgIpc) is 3.33. The third-order valence-corrected chi connectivity index (χ3v) is 5.70. The van der Waals surface area contributed by atoms with Crippen molar-refractivity contribution < 1.29 is 32.2 Å². The molecule has 0 aliphatic carbocycles. The van der Waals surface area contributed by atoms with E-state index in [0.717, 1.165) is 0 Å². The Balaban J connectivity index is 1.75. The van der Waals surface area contributed by atoms with Crippen molar-refractivity contribution in [1.29, 1.82) is 0 Å². The topological polar surface area (TPSA) is 133 Å². The number of anilines is 2. The molecular formula is C25H23F3N6O4. The maximum atomic E-state index is 15.4. The first kappa shape index (κ1) is 26.4. The van der Waals surface area contributed by atoms with Gasteiger partial charge < -0.3 is 25.8 Å². The van der Waals surface area contributed by atoms with E-state index in [9.17, 15) is 18.4 Å². The van der Waals surface area contributed by atoms with E-state index >= 15 is 4.39 Å². The van der Waals surface area contributed by atoms with Crippen molar-refractivity contribution >= 4 is 29.5 Å². The van der Waals surface area contributed by atoms with E-state index in [0.29, 0.717) is 13.0 Å². The minimum Gasteiger partial charge on any atom is -0.494 e. The van der Waals surface area contributed by atoms with Crippen LogP contribution in [0.2, 0.25) is 0 Å². The van der Waals surface area contributed by atoms with Gasteiger partial charge in [0.1, 0.15) is 0 Å². The minimum absolute atomic E-state index is 0.0163. The van der Waals surface area contributed by atoms with Crippen LogP contribution in [0.1, 0.15) is 22.3 Å². The molecule has 0 aliphatic rings. The Morgan fingerprint density at radius 2 is 1.97 bits per heavy atom. The quantitative estimate of drug-likeness (QED) is 0.211. The molecule has 0 saturated heterocycles. The summed E-state index contributed by atoms with van der Waals surface area (Å²) >= 11 is 0. The molecule has 0 aliphatic heterocycles. The highest BCUT2D eigenvalue weighted by Crippen LogP contribution is 2.36. The fourth-order valence-electron chi connectivity index (χ4n) is 3.91. The van der Waals surface area contributed by atoms with Crippen molar-refractivity contribution in [2.75, 3.05) is 25.5 Å². The molecule has 4 N–H and O–H groups in total. The van der Waals surface area contributed by atoms with Crippen molar-refractivity contribution in [2.24, 2.45) is 5.73 Å². The number of amides is 1. The molecule has 2 aromatic carbocycles. The Kier molecular flexibility index (Phi) is 7.76. The number of rotatable bonds is 10. The van der Waals surface area contributed by atoms with Crippen LogP contribution in [0, 0.1) is 24.4 Å². The number of carbonyl (C=O) groups excluding carboxylic acids is 2. The summed E-state index contributed by atoms with van der Waals surface area (Å²) in [6.45, 7) is 2.13. The third kappa shape index (κ3) is 4.83. The number of imidazole rings is 1. The van der Waals surface area contributed by atoms with Gasteiger partial charge in [-0.3, -0.25) is 14.0 Å². The second kappa shape index (κ2) is 11.2. The van der Waals surface area contributed by atoms with Crippen molar-refractivity contribution in [2.45, 2.75) is 13.3 Å². The van der Waals surface area contributed by atoms with E-state index in [-0.39, 0.29) is 58.3 Å². The molecule has 0 bridgehead atoms. The molecule has 10 nitrogen and oxygen atoms in total. The number of fused-ring (bicyclic) bond motifs is 1. The molecule has 0 fully saturated rings. The summed E-state index contributed by atoms with van der Waals surface area (Å²) in [7, 11) is 1.23. The zero-order chi connectivity index (χ0) is 27.4. The maximum Gasteiger partial charge on any atom is 0.298 e. The minimum atomic E-state index is -1.15. The highest BCUT2D eigenvalue weighted by Gasteiger charge is 2.24. The highest BCUT2D eigenvalue weighted by atomic mass is 19.2. The van der Waals surface area contributed by atoms with Gasteiger partial charge in [0.2, 0.25) is 5.82 Å². The smallest absolute Gasteiger partial charge is 0.298 e. The lowest BCUT2D eigenvalue weighted by molar-refractivity contribution is -0.120. The molecule has 0 spiro atoms. The number of methoxy groups -OCH3 is 1. The maximum absolute atomic E-state index is 15.4. The number of nitrogens with zero attached hydrogens (tertiary/aromatic N) is 3. The number of hydrogen-bond donors (Lipinski definition) is 3. The molecule has 0 saturated carbocycles. The molecule has 4 rings (SSSR count). The number of hydrogen-bond acceptors (Lipinski definition) is 8. The molecule has 198 valence electrons. The lowest BCUT2D eigenvalue weighted by Crippen LogP contribution is -2.27. The van der Waals surface area contributed by atoms with Crippen LogP contribution in [0.25, 0.3) is 16.9 Å². The van der Waals surface area contributed by atoms with Gasteiger partial charge >= 0.3 is 0 Å². The number of nitrogens with one attached hydrogen (secondary N) is 2. The van der Waals surface area contributed by atoms with E-state index < -0.39 is 29.1 Å². The largest absolute Gasteiger partial charge is 0.494 e. The van der Waals surface area contributed by atoms with Crippen LogP contribution in [0.3, 0.4) is 0 Å². The molecule has 2 heterocycles. The molecule has 2 aromatic heterocycles. The van der Waals surface area contributed by atoms with Gasteiger partial charge in [-0.1, -0.05) is 0 Å². The fourth-order valence-corrected chi connectivity index (χ4v) is 3.91. The molecule has 38 heavy (non-hydrogen) atoms. The summed E-state index contributed by atoms with van der Waals surface area (Å²) in [5.41, 5.74) is 5.67. The van der Waals surface area contributed by atoms with Crippen molar-refractivity contribution in [3.8, 4) is 22.8 Å². The first-order chi connectivity index (χ1) is 18.3. The fraction of sp³-hybridized carbons (Fsp3) is 0.200. The van der Waals surface area contributed by atoms with Crippen LogP contribution in [0.15, 0.2) is 36.8 Å². The van der Waals surface area contributed by atoms with Crippen LogP contribution in [0.4, 0.5) is 24.7 Å². The number of nitrogens with two attached hydrogens (primary N) is 1. The normalized spacial score (nSPS) is 10.9. The van der Waals surface area contributed by atoms with Gasteiger partial charge in [0, 0.05) is 24.5 Å². The predicted octanol–water partition coefficient (Wildman–Crippen LogP) is 3.49. The second-order valence-corrected chi connectivity index (χ2v) is 8.05. The molecule has 13 heteroatoms. The van der Waals surface area contributed by atoms with Crippen LogP contribution in [0.5, 0.6) is 11.5 Å². The third-order valence-electron chi connectivity index (χ3n) is 5.70. The molecule has 0 atom stereocenters. The molecule has 1 amide bonds. The van der Waals surface area contributed by atoms with Gasteiger partial charge in [-0.15, -0.1) is 0 Å². The molecular weight excluding hydrogens is 505 g/mol. The SMILES string of the molecule is COc1ccc(-c2cnc3c(Nc4cc(C)c(C(=O)NCCCN)c(F)c4OC=O)nccn23)c(F)c1F. The lowest BCUT2D eigenvalue weighted by Gasteiger charge is -2.16. The standard InChI is InChI=1S/C25H23F3N6O4/c1-13-10-15(22(38-12-35)21(28)18(13)25(36)31-7-3-6-29)33-23-24-32-11-16(34(24)9-8-30-23)14-4-5-17(37-2)20(27)19(14)26/h4-5,8-12H,3,6-7,29H2,1-2H3,(H,30,33)(H,31,36). The van der Waals surface area contributed by atoms with E-state index in [1.165, 1.54) is 55.2 Å². The highest BCUT2D eigenvalue weighted by molar-refractivity contribution is 5.97. The van der Waals surface area contributed by atoms with Crippen molar-refractivity contribution in [1.82, 2.24) is 19.7 Å². The number of aryl methyl sites for hydroxylation is 1. The van der Waals surface area contributed by atoms with Crippen molar-refractivity contribution in [3.05, 3.63) is 65.4 Å². The Bertz CT molecular complexity index is 1530. The Labute approximate surface area is 214 Å². The van der Waals surface area contributed by atoms with Crippen LogP contribution in [-0.4, -0.2) is 46.9 Å². The summed E-state index contributed by atoms with van der Waals surface area (Å²) in [5, 5.41) is 5.42. The van der Waals surface area contributed by atoms with Crippen molar-refractivity contribution in [3.63, 3.8) is 0 Å². The summed E-state index contributed by atoms with van der Waals surface area (Å²) in [6, 6.07) is 4.05. The van der Waals surface area contributed by atoms with E-state index in [1.807, 2.05) is 0 Å². The Hall–Kier alpha value is -4.65. The van der Waals surface area contributed by atoms with Crippen LogP contribution < -0.4 is 25.8 Å². The average molecular weight is 528 g/mol. The first-order valence-corrected chi connectivity index (χ1v) is 11.3. The Morgan fingerprint density at radius 1 is 1.18 bits per heavy atom. The molecule has 4 aromatic rings. The Morgan fingerprint density at radius 3 is 2.68 bits per heavy atom. The number of aromatic nitrogens is 3. The summed E-state index contributed by atoms with van der Waals surface area (Å²) < 4.78 is 55.6. The van der Waals surface area contributed by atoms with E-state index in [1.54, 1.807) is 0 Å². The first-order valence-electron chi connectivity index (χ1n) is 11.3. The van der Waals surface area contributed by atoms with Gasteiger partial charge in [-0.05, 0) is 43.7 Å². The summed E-state index contributed by atoms with van der Waals surface area (Å²) in [5.74, 6) is -4.73. The predicted molar refractivity (Wildman–Crippen MR) is 132 cm³/mol. The van der Waals surface area contributed by atoms with E-state index in [4.69, 9.17) is 15.2 Å². The number of halogens is 3. The summed E-state index contributed by atoms with van der Waals surface area (Å²) in [4.78, 5) is 32.1. The number of benzene rings is 2. The molecule has 0 unspecified atom stereocenters. The molecule has 0 radical (unpaired) electrons. The summed E-state index contributed by atoms with van der Waals surface area (Å²) in [6.07, 6.45) is 4.66. The van der Waals surface area contributed by atoms with Crippen LogP contribution >= 0.6 is 0 Å². The number of carbonyl (C=O) groups is 2. The van der Waals surface area contributed by atoms with E-state index in [2.05, 4.69) is 20.6 Å².